The molecule has 0 aliphatic heterocycles. The monoisotopic (exact) mass is 283 g/mol. The summed E-state index contributed by atoms with van der Waals surface area (Å²) in [4.78, 5) is 4.45. The van der Waals surface area contributed by atoms with E-state index in [1.807, 2.05) is 0 Å². The van der Waals surface area contributed by atoms with Crippen molar-refractivity contribution in [2.45, 2.75) is 53.5 Å². The molecule has 0 bridgehead atoms. The van der Waals surface area contributed by atoms with Crippen LogP contribution in [0.25, 0.3) is 0 Å². The molecular weight excluding hydrogens is 254 g/mol. The highest BCUT2D eigenvalue weighted by Crippen LogP contribution is 2.31. The highest BCUT2D eigenvalue weighted by Gasteiger charge is 2.22. The lowest BCUT2D eigenvalue weighted by atomic mass is 9.76. The lowest BCUT2D eigenvalue weighted by Crippen LogP contribution is -2.25. The van der Waals surface area contributed by atoms with Gasteiger partial charge in [0.05, 0.1) is 10.7 Å². The van der Waals surface area contributed by atoms with Crippen LogP contribution in [0.2, 0.25) is 0 Å². The second-order valence-corrected chi connectivity index (χ2v) is 7.38. The Balaban J connectivity index is 2.18. The molecule has 1 unspecified atom stereocenters. The third-order valence-corrected chi connectivity index (χ3v) is 4.44. The standard InChI is InChI=1S/C15H29N3S/c1-12-18-14(11-19-12)10-17-9-5-6-13(7-8-16)15(2,3)4/h11,13,17H,5-10,16H2,1-4H3. The molecule has 4 heteroatoms. The molecule has 0 saturated carbocycles. The number of thiazole rings is 1. The summed E-state index contributed by atoms with van der Waals surface area (Å²) in [7, 11) is 0. The van der Waals surface area contributed by atoms with Crippen molar-refractivity contribution in [1.29, 1.82) is 0 Å². The van der Waals surface area contributed by atoms with E-state index in [1.165, 1.54) is 12.8 Å². The lowest BCUT2D eigenvalue weighted by molar-refractivity contribution is 0.210. The quantitative estimate of drug-likeness (QED) is 0.720. The summed E-state index contributed by atoms with van der Waals surface area (Å²) in [5.74, 6) is 0.723. The number of nitrogens with zero attached hydrogens (tertiary/aromatic N) is 1. The average molecular weight is 283 g/mol. The number of hydrogen-bond acceptors (Lipinski definition) is 4. The fourth-order valence-electron chi connectivity index (χ4n) is 2.39. The SMILES string of the molecule is Cc1nc(CNCCCC(CCN)C(C)(C)C)cs1. The Labute approximate surface area is 122 Å². The summed E-state index contributed by atoms with van der Waals surface area (Å²) in [6.07, 6.45) is 3.60. The summed E-state index contributed by atoms with van der Waals surface area (Å²) in [5.41, 5.74) is 7.24. The van der Waals surface area contributed by atoms with E-state index in [0.717, 1.165) is 42.7 Å². The topological polar surface area (TPSA) is 50.9 Å². The summed E-state index contributed by atoms with van der Waals surface area (Å²) in [5, 5.41) is 6.76. The van der Waals surface area contributed by atoms with E-state index < -0.39 is 0 Å². The summed E-state index contributed by atoms with van der Waals surface area (Å²) >= 11 is 1.72. The zero-order valence-electron chi connectivity index (χ0n) is 12.8. The van der Waals surface area contributed by atoms with E-state index in [2.05, 4.69) is 43.4 Å². The van der Waals surface area contributed by atoms with Gasteiger partial charge in [-0.25, -0.2) is 4.98 Å². The maximum absolute atomic E-state index is 5.71. The molecule has 1 aromatic heterocycles. The third kappa shape index (κ3) is 6.50. The van der Waals surface area contributed by atoms with Crippen molar-refractivity contribution >= 4 is 11.3 Å². The van der Waals surface area contributed by atoms with Crippen molar-refractivity contribution in [1.82, 2.24) is 10.3 Å². The van der Waals surface area contributed by atoms with Gasteiger partial charge in [-0.3, -0.25) is 0 Å². The predicted octanol–water partition coefficient (Wildman–Crippen LogP) is 3.33. The van der Waals surface area contributed by atoms with Crippen LogP contribution in [0.4, 0.5) is 0 Å². The molecule has 1 rings (SSSR count). The second kappa shape index (κ2) is 7.98. The molecule has 1 heterocycles. The van der Waals surface area contributed by atoms with Gasteiger partial charge in [0.2, 0.25) is 0 Å². The molecule has 0 aliphatic rings. The highest BCUT2D eigenvalue weighted by molar-refractivity contribution is 7.09. The Hall–Kier alpha value is -0.450. The smallest absolute Gasteiger partial charge is 0.0897 e. The molecule has 3 nitrogen and oxygen atoms in total. The van der Waals surface area contributed by atoms with Crippen LogP contribution in [0.3, 0.4) is 0 Å². The van der Waals surface area contributed by atoms with Crippen LogP contribution in [-0.4, -0.2) is 18.1 Å². The minimum atomic E-state index is 0.366. The van der Waals surface area contributed by atoms with Crippen LogP contribution in [0.5, 0.6) is 0 Å². The minimum absolute atomic E-state index is 0.366. The predicted molar refractivity (Wildman–Crippen MR) is 84.4 cm³/mol. The fraction of sp³-hybridized carbons (Fsp3) is 0.800. The van der Waals surface area contributed by atoms with Crippen LogP contribution < -0.4 is 11.1 Å². The Bertz CT molecular complexity index is 355. The van der Waals surface area contributed by atoms with Gasteiger partial charge in [-0.05, 0) is 50.6 Å². The summed E-state index contributed by atoms with van der Waals surface area (Å²) in [6.45, 7) is 11.8. The summed E-state index contributed by atoms with van der Waals surface area (Å²) < 4.78 is 0. The van der Waals surface area contributed by atoms with Crippen molar-refractivity contribution < 1.29 is 0 Å². The molecular formula is C15H29N3S. The van der Waals surface area contributed by atoms with E-state index in [1.54, 1.807) is 11.3 Å². The normalized spacial score (nSPS) is 13.7. The van der Waals surface area contributed by atoms with E-state index in [4.69, 9.17) is 5.73 Å². The van der Waals surface area contributed by atoms with Gasteiger partial charge in [0.25, 0.3) is 0 Å². The Morgan fingerprint density at radius 2 is 2.11 bits per heavy atom. The molecule has 0 radical (unpaired) electrons. The molecule has 0 aromatic carbocycles. The van der Waals surface area contributed by atoms with Crippen LogP contribution in [0.15, 0.2) is 5.38 Å². The molecule has 110 valence electrons. The van der Waals surface area contributed by atoms with Crippen LogP contribution in [0, 0.1) is 18.3 Å². The number of rotatable bonds is 8. The van der Waals surface area contributed by atoms with Gasteiger partial charge in [-0.2, -0.15) is 0 Å². The van der Waals surface area contributed by atoms with Crippen molar-refractivity contribution in [3.63, 3.8) is 0 Å². The first-order chi connectivity index (χ1) is 8.93. The number of aryl methyl sites for hydroxylation is 1. The molecule has 0 saturated heterocycles. The largest absolute Gasteiger partial charge is 0.330 e. The highest BCUT2D eigenvalue weighted by atomic mass is 32.1. The number of nitrogens with one attached hydrogen (secondary N) is 1. The van der Waals surface area contributed by atoms with Gasteiger partial charge in [0.1, 0.15) is 0 Å². The lowest BCUT2D eigenvalue weighted by Gasteiger charge is -2.30. The molecule has 0 spiro atoms. The maximum atomic E-state index is 5.71. The minimum Gasteiger partial charge on any atom is -0.330 e. The van der Waals surface area contributed by atoms with Crippen LogP contribution in [-0.2, 0) is 6.54 Å². The average Bonchev–Trinajstić information content (AvgIpc) is 2.72. The molecule has 3 N–H and O–H groups in total. The van der Waals surface area contributed by atoms with Gasteiger partial charge in [-0.15, -0.1) is 11.3 Å². The van der Waals surface area contributed by atoms with E-state index in [0.29, 0.717) is 5.41 Å². The fourth-order valence-corrected chi connectivity index (χ4v) is 3.00. The molecule has 1 aromatic rings. The van der Waals surface area contributed by atoms with Gasteiger partial charge in [0, 0.05) is 11.9 Å². The Kier molecular flexibility index (Phi) is 6.97. The van der Waals surface area contributed by atoms with Crippen LogP contribution in [0.1, 0.15) is 50.7 Å². The van der Waals surface area contributed by atoms with Crippen molar-refractivity contribution in [3.8, 4) is 0 Å². The molecule has 1 atom stereocenters. The maximum Gasteiger partial charge on any atom is 0.0897 e. The number of nitrogens with two attached hydrogens (primary N) is 1. The first-order valence-electron chi connectivity index (χ1n) is 7.25. The molecule has 0 fully saturated rings. The second-order valence-electron chi connectivity index (χ2n) is 6.32. The van der Waals surface area contributed by atoms with E-state index >= 15 is 0 Å². The van der Waals surface area contributed by atoms with Crippen molar-refractivity contribution in [2.24, 2.45) is 17.1 Å². The third-order valence-electron chi connectivity index (χ3n) is 3.62. The zero-order valence-corrected chi connectivity index (χ0v) is 13.6. The Morgan fingerprint density at radius 3 is 2.63 bits per heavy atom. The molecule has 0 amide bonds. The van der Waals surface area contributed by atoms with Gasteiger partial charge >= 0.3 is 0 Å². The first kappa shape index (κ1) is 16.6. The van der Waals surface area contributed by atoms with Crippen molar-refractivity contribution in [3.05, 3.63) is 16.1 Å². The Morgan fingerprint density at radius 1 is 1.37 bits per heavy atom. The van der Waals surface area contributed by atoms with Gasteiger partial charge in [0.15, 0.2) is 0 Å². The number of hydrogen-bond donors (Lipinski definition) is 2. The molecule has 19 heavy (non-hydrogen) atoms. The van der Waals surface area contributed by atoms with Crippen LogP contribution >= 0.6 is 11.3 Å². The number of aromatic nitrogens is 1. The van der Waals surface area contributed by atoms with Gasteiger partial charge in [-0.1, -0.05) is 20.8 Å². The molecule has 0 aliphatic carbocycles. The zero-order chi connectivity index (χ0) is 14.3. The first-order valence-corrected chi connectivity index (χ1v) is 8.13. The van der Waals surface area contributed by atoms with E-state index in [9.17, 15) is 0 Å². The van der Waals surface area contributed by atoms with E-state index in [-0.39, 0.29) is 0 Å². The summed E-state index contributed by atoms with van der Waals surface area (Å²) in [6, 6.07) is 0. The van der Waals surface area contributed by atoms with Crippen molar-refractivity contribution in [2.75, 3.05) is 13.1 Å². The van der Waals surface area contributed by atoms with Gasteiger partial charge < -0.3 is 11.1 Å².